The van der Waals surface area contributed by atoms with Crippen molar-refractivity contribution < 1.29 is 17.9 Å². The molecule has 4 aromatic rings. The number of hydrogen-bond donors (Lipinski definition) is 0. The van der Waals surface area contributed by atoms with Crippen molar-refractivity contribution in [3.8, 4) is 5.69 Å². The molecule has 0 amide bonds. The summed E-state index contributed by atoms with van der Waals surface area (Å²) in [5, 5.41) is 8.45. The minimum absolute atomic E-state index is 0.166. The number of nitrogens with zero attached hydrogens (tertiary/aromatic N) is 6. The van der Waals surface area contributed by atoms with Crippen molar-refractivity contribution in [1.82, 2.24) is 28.6 Å². The molecule has 6 rings (SSSR count). The minimum Gasteiger partial charge on any atom is -0.377 e. The van der Waals surface area contributed by atoms with Gasteiger partial charge in [-0.2, -0.15) is 13.2 Å². The van der Waals surface area contributed by atoms with E-state index in [0.717, 1.165) is 61.0 Å². The Labute approximate surface area is 236 Å². The lowest BCUT2D eigenvalue weighted by Gasteiger charge is -2.46. The number of aromatic nitrogens is 5. The minimum atomic E-state index is -4.61. The third-order valence-electron chi connectivity index (χ3n) is 8.90. The van der Waals surface area contributed by atoms with E-state index in [0.29, 0.717) is 23.7 Å². The smallest absolute Gasteiger partial charge is 0.377 e. The fourth-order valence-corrected chi connectivity index (χ4v) is 6.66. The molecule has 0 N–H and O–H groups in total. The highest BCUT2D eigenvalue weighted by molar-refractivity contribution is 5.58. The molecule has 4 heterocycles. The zero-order chi connectivity index (χ0) is 28.9. The van der Waals surface area contributed by atoms with Crippen molar-refractivity contribution in [3.05, 3.63) is 82.1 Å². The van der Waals surface area contributed by atoms with Crippen molar-refractivity contribution >= 4 is 5.52 Å². The number of imidazole rings is 1. The van der Waals surface area contributed by atoms with Gasteiger partial charge in [0.05, 0.1) is 28.3 Å². The second kappa shape index (κ2) is 10.4. The average Bonchev–Trinajstić information content (AvgIpc) is 3.48. The standard InChI is InChI=1S/C30H35F3N6O2/c1-20-7-5-12-37(15-20)16-21-13-24(30(31,32)33)25-18-38(28(40)39(25)17-21)23-9-4-8-22(14-23)26(27-35-34-19-36(27)2)29(41-3)10-6-11-29/h4,8-9,13-14,17-20,26H,5-7,10-12,15-16H2,1-3H3/t20-,26?/m0/s1. The number of fused-ring (bicyclic) bond motifs is 1. The van der Waals surface area contributed by atoms with Crippen LogP contribution in [0.2, 0.25) is 0 Å². The maximum Gasteiger partial charge on any atom is 0.418 e. The lowest BCUT2D eigenvalue weighted by Crippen LogP contribution is -2.46. The Morgan fingerprint density at radius 3 is 2.61 bits per heavy atom. The molecule has 41 heavy (non-hydrogen) atoms. The van der Waals surface area contributed by atoms with Crippen LogP contribution in [0.3, 0.4) is 0 Å². The number of piperidine rings is 1. The first-order valence-electron chi connectivity index (χ1n) is 14.2. The summed E-state index contributed by atoms with van der Waals surface area (Å²) in [5.41, 5.74) is -0.177. The van der Waals surface area contributed by atoms with Crippen LogP contribution in [0.25, 0.3) is 11.2 Å². The largest absolute Gasteiger partial charge is 0.418 e. The SMILES string of the molecule is COC1(C(c2cccc(-n3cc4c(C(F)(F)F)cc(CN5CCC[C@H](C)C5)cn4c3=O)c2)c2nncn2C)CCC1. The lowest BCUT2D eigenvalue weighted by molar-refractivity contribution is -0.136. The number of benzene rings is 1. The topological polar surface area (TPSA) is 69.6 Å². The number of ether oxygens (including phenoxy) is 1. The maximum atomic E-state index is 14.3. The molecular weight excluding hydrogens is 533 g/mol. The maximum absolute atomic E-state index is 14.3. The number of methoxy groups -OCH3 is 1. The van der Waals surface area contributed by atoms with Gasteiger partial charge in [-0.15, -0.1) is 10.2 Å². The van der Waals surface area contributed by atoms with Crippen molar-refractivity contribution in [3.63, 3.8) is 0 Å². The summed E-state index contributed by atoms with van der Waals surface area (Å²) >= 11 is 0. The van der Waals surface area contributed by atoms with Gasteiger partial charge in [-0.1, -0.05) is 19.1 Å². The van der Waals surface area contributed by atoms with Gasteiger partial charge in [-0.05, 0) is 73.9 Å². The molecule has 2 fully saturated rings. The van der Waals surface area contributed by atoms with E-state index in [1.54, 1.807) is 25.7 Å². The van der Waals surface area contributed by atoms with Gasteiger partial charge in [-0.25, -0.2) is 4.79 Å². The molecule has 1 aliphatic carbocycles. The Kier molecular flexibility index (Phi) is 7.05. The zero-order valence-corrected chi connectivity index (χ0v) is 23.6. The van der Waals surface area contributed by atoms with Crippen molar-refractivity contribution in [2.75, 3.05) is 20.2 Å². The van der Waals surface area contributed by atoms with E-state index in [1.807, 2.05) is 29.8 Å². The van der Waals surface area contributed by atoms with E-state index < -0.39 is 23.0 Å². The van der Waals surface area contributed by atoms with Crippen LogP contribution in [0, 0.1) is 5.92 Å². The summed E-state index contributed by atoms with van der Waals surface area (Å²) < 4.78 is 53.2. The molecule has 1 unspecified atom stereocenters. The number of rotatable bonds is 7. The molecule has 1 saturated carbocycles. The Hall–Kier alpha value is -3.44. The number of aryl methyl sites for hydroxylation is 1. The first kappa shape index (κ1) is 27.7. The zero-order valence-electron chi connectivity index (χ0n) is 23.6. The van der Waals surface area contributed by atoms with Gasteiger partial charge in [0.2, 0.25) is 0 Å². The van der Waals surface area contributed by atoms with E-state index in [9.17, 15) is 18.0 Å². The van der Waals surface area contributed by atoms with Gasteiger partial charge in [0.25, 0.3) is 0 Å². The molecule has 11 heteroatoms. The second-order valence-corrected chi connectivity index (χ2v) is 11.7. The van der Waals surface area contributed by atoms with Gasteiger partial charge >= 0.3 is 11.9 Å². The molecule has 8 nitrogen and oxygen atoms in total. The van der Waals surface area contributed by atoms with Crippen LogP contribution < -0.4 is 5.69 Å². The Balaban J connectivity index is 1.44. The predicted octanol–water partition coefficient (Wildman–Crippen LogP) is 5.17. The van der Waals surface area contributed by atoms with Crippen molar-refractivity contribution in [2.45, 2.75) is 63.3 Å². The van der Waals surface area contributed by atoms with Crippen molar-refractivity contribution in [2.24, 2.45) is 13.0 Å². The first-order chi connectivity index (χ1) is 19.6. The second-order valence-electron chi connectivity index (χ2n) is 11.7. The number of hydrogen-bond acceptors (Lipinski definition) is 5. The van der Waals surface area contributed by atoms with Gasteiger partial charge in [-0.3, -0.25) is 13.9 Å². The van der Waals surface area contributed by atoms with Crippen LogP contribution in [0.5, 0.6) is 0 Å². The molecule has 2 atom stereocenters. The molecule has 218 valence electrons. The molecular formula is C30H35F3N6O2. The van der Waals surface area contributed by atoms with Crippen LogP contribution in [0.4, 0.5) is 13.2 Å². The molecule has 2 aliphatic rings. The Morgan fingerprint density at radius 1 is 1.17 bits per heavy atom. The van der Waals surface area contributed by atoms with Gasteiger partial charge in [0.15, 0.2) is 0 Å². The molecule has 0 spiro atoms. The van der Waals surface area contributed by atoms with E-state index in [2.05, 4.69) is 22.0 Å². The van der Waals surface area contributed by atoms with Crippen LogP contribution in [0.1, 0.15) is 67.5 Å². The lowest BCUT2D eigenvalue weighted by atomic mass is 9.68. The highest BCUT2D eigenvalue weighted by Gasteiger charge is 2.48. The first-order valence-corrected chi connectivity index (χ1v) is 14.2. The molecule has 0 bridgehead atoms. The molecule has 1 aromatic carbocycles. The highest BCUT2D eigenvalue weighted by atomic mass is 19.4. The molecule has 0 radical (unpaired) electrons. The number of alkyl halides is 3. The average molecular weight is 569 g/mol. The summed E-state index contributed by atoms with van der Waals surface area (Å²) in [6, 6.07) is 8.54. The summed E-state index contributed by atoms with van der Waals surface area (Å²) in [5.74, 6) is 0.966. The summed E-state index contributed by atoms with van der Waals surface area (Å²) in [6.45, 7) is 4.19. The fourth-order valence-electron chi connectivity index (χ4n) is 6.66. The highest BCUT2D eigenvalue weighted by Crippen LogP contribution is 2.49. The van der Waals surface area contributed by atoms with Crippen LogP contribution in [-0.4, -0.2) is 54.4 Å². The number of halogens is 3. The third-order valence-corrected chi connectivity index (χ3v) is 8.90. The predicted molar refractivity (Wildman–Crippen MR) is 148 cm³/mol. The molecule has 3 aromatic heterocycles. The van der Waals surface area contributed by atoms with Crippen LogP contribution in [0.15, 0.2) is 53.8 Å². The third kappa shape index (κ3) is 4.99. The number of pyridine rings is 1. The fraction of sp³-hybridized carbons (Fsp3) is 0.500. The Bertz CT molecular complexity index is 1610. The van der Waals surface area contributed by atoms with Crippen LogP contribution >= 0.6 is 0 Å². The van der Waals surface area contributed by atoms with Gasteiger partial charge in [0, 0.05) is 39.6 Å². The summed E-state index contributed by atoms with van der Waals surface area (Å²) in [7, 11) is 3.57. The van der Waals surface area contributed by atoms with Gasteiger partial charge in [0.1, 0.15) is 12.2 Å². The van der Waals surface area contributed by atoms with Gasteiger partial charge < -0.3 is 9.30 Å². The van der Waals surface area contributed by atoms with Crippen LogP contribution in [-0.2, 0) is 24.5 Å². The quantitative estimate of drug-likeness (QED) is 0.308. The van der Waals surface area contributed by atoms with E-state index in [1.165, 1.54) is 16.8 Å². The molecule has 1 aliphatic heterocycles. The van der Waals surface area contributed by atoms with E-state index in [-0.39, 0.29) is 11.4 Å². The van der Waals surface area contributed by atoms with E-state index >= 15 is 0 Å². The normalized spacial score (nSPS) is 20.3. The molecule has 1 saturated heterocycles. The van der Waals surface area contributed by atoms with Crippen molar-refractivity contribution in [1.29, 1.82) is 0 Å². The number of likely N-dealkylation sites (tertiary alicyclic amines) is 1. The summed E-state index contributed by atoms with van der Waals surface area (Å²) in [4.78, 5) is 15.8. The summed E-state index contributed by atoms with van der Waals surface area (Å²) in [6.07, 6.45) is 4.72. The van der Waals surface area contributed by atoms with E-state index in [4.69, 9.17) is 4.74 Å². The monoisotopic (exact) mass is 568 g/mol. The Morgan fingerprint density at radius 2 is 1.98 bits per heavy atom.